The van der Waals surface area contributed by atoms with Crippen LogP contribution >= 0.6 is 11.6 Å². The molecule has 5 heterocycles. The third-order valence-electron chi connectivity index (χ3n) is 8.39. The first-order valence-electron chi connectivity index (χ1n) is 13.8. The third kappa shape index (κ3) is 5.59. The molecule has 3 aromatic heterocycles. The van der Waals surface area contributed by atoms with Crippen molar-refractivity contribution in [2.45, 2.75) is 50.7 Å². The van der Waals surface area contributed by atoms with Gasteiger partial charge in [0.25, 0.3) is 5.56 Å². The summed E-state index contributed by atoms with van der Waals surface area (Å²) >= 11 is 6.40. The van der Waals surface area contributed by atoms with E-state index in [1.807, 2.05) is 12.1 Å². The summed E-state index contributed by atoms with van der Waals surface area (Å²) in [6.07, 6.45) is 0.0471. The Hall–Kier alpha value is -3.93. The van der Waals surface area contributed by atoms with Crippen LogP contribution in [0.1, 0.15) is 48.3 Å². The second-order valence-corrected chi connectivity index (χ2v) is 11.5. The summed E-state index contributed by atoms with van der Waals surface area (Å²) in [5.74, 6) is -1.92. The molecule has 1 atom stereocenters. The third-order valence-corrected chi connectivity index (χ3v) is 8.68. The van der Waals surface area contributed by atoms with Crippen LogP contribution in [0.2, 0.25) is 5.02 Å². The van der Waals surface area contributed by atoms with Crippen molar-refractivity contribution in [3.8, 4) is 0 Å². The van der Waals surface area contributed by atoms with Gasteiger partial charge in [-0.15, -0.1) is 0 Å². The molecule has 4 aromatic rings. The zero-order valence-corrected chi connectivity index (χ0v) is 23.3. The SMILES string of the molecule is O=C(C[C@@H]1CCc2cc(Cl)c3[nH]ncc3c2CN(CC(F)(F)F)C1=O)N1CCC(c2cc3cccnc3[nH]c2=O)CC1. The van der Waals surface area contributed by atoms with Crippen LogP contribution < -0.4 is 5.56 Å². The number of aromatic amines is 2. The molecule has 220 valence electrons. The number of aryl methyl sites for hydroxylation is 1. The predicted molar refractivity (Wildman–Crippen MR) is 150 cm³/mol. The number of pyridine rings is 2. The summed E-state index contributed by atoms with van der Waals surface area (Å²) in [5.41, 5.74) is 2.78. The molecule has 2 amide bonds. The minimum atomic E-state index is -4.61. The number of hydrogen-bond donors (Lipinski definition) is 2. The molecule has 1 aromatic carbocycles. The van der Waals surface area contributed by atoms with Gasteiger partial charge in [-0.1, -0.05) is 11.6 Å². The summed E-state index contributed by atoms with van der Waals surface area (Å²) in [6, 6.07) is 7.21. The smallest absolute Gasteiger partial charge is 0.343 e. The van der Waals surface area contributed by atoms with Crippen molar-refractivity contribution >= 4 is 45.4 Å². The molecular formula is C29H28ClF3N6O3. The van der Waals surface area contributed by atoms with E-state index >= 15 is 0 Å². The van der Waals surface area contributed by atoms with Crippen LogP contribution in [0.5, 0.6) is 0 Å². The van der Waals surface area contributed by atoms with Crippen molar-refractivity contribution < 1.29 is 22.8 Å². The van der Waals surface area contributed by atoms with Gasteiger partial charge in [0, 0.05) is 54.5 Å². The first-order chi connectivity index (χ1) is 20.1. The highest BCUT2D eigenvalue weighted by molar-refractivity contribution is 6.35. The summed E-state index contributed by atoms with van der Waals surface area (Å²) in [5, 5.41) is 8.55. The highest BCUT2D eigenvalue weighted by atomic mass is 35.5. The standard InChI is InChI=1S/C29H28ClF3N6O3/c30-23-11-17-3-4-19(28(42)39(15-29(31,32)33)14-22(17)21-13-35-37-25(21)23)12-24(40)38-8-5-16(6-9-38)20-10-18-2-1-7-34-26(18)36-27(20)41/h1-2,7,10-11,13,16,19H,3-6,8-9,12,14-15H2,(H,35,37)(H,34,36,41)/t19-/m0/s1. The average Bonchev–Trinajstić information content (AvgIpc) is 3.45. The predicted octanol–water partition coefficient (Wildman–Crippen LogP) is 4.70. The second kappa shape index (κ2) is 11.0. The van der Waals surface area contributed by atoms with Gasteiger partial charge >= 0.3 is 6.18 Å². The van der Waals surface area contributed by atoms with E-state index in [1.54, 1.807) is 23.2 Å². The Bertz CT molecular complexity index is 1730. The van der Waals surface area contributed by atoms with Crippen molar-refractivity contribution in [3.63, 3.8) is 0 Å². The van der Waals surface area contributed by atoms with Gasteiger partial charge in [-0.3, -0.25) is 19.5 Å². The maximum Gasteiger partial charge on any atom is 0.406 e. The molecule has 2 aliphatic rings. The molecule has 1 saturated heterocycles. The number of nitrogens with zero attached hydrogens (tertiary/aromatic N) is 4. The number of carbonyl (C=O) groups excluding carboxylic acids is 2. The molecule has 0 saturated carbocycles. The Morgan fingerprint density at radius 3 is 2.69 bits per heavy atom. The number of H-pyrrole nitrogens is 2. The number of amides is 2. The Morgan fingerprint density at radius 1 is 1.14 bits per heavy atom. The van der Waals surface area contributed by atoms with E-state index in [1.165, 1.54) is 6.20 Å². The Balaban J connectivity index is 1.18. The van der Waals surface area contributed by atoms with Crippen molar-refractivity contribution in [1.82, 2.24) is 30.0 Å². The van der Waals surface area contributed by atoms with Crippen molar-refractivity contribution in [2.75, 3.05) is 19.6 Å². The molecule has 0 radical (unpaired) electrons. The van der Waals surface area contributed by atoms with Gasteiger partial charge in [-0.2, -0.15) is 18.3 Å². The number of nitrogens with one attached hydrogen (secondary N) is 2. The maximum absolute atomic E-state index is 13.6. The number of hydrogen-bond acceptors (Lipinski definition) is 5. The summed E-state index contributed by atoms with van der Waals surface area (Å²) in [4.78, 5) is 49.0. The molecule has 13 heteroatoms. The first-order valence-corrected chi connectivity index (χ1v) is 14.2. The highest BCUT2D eigenvalue weighted by Gasteiger charge is 2.38. The van der Waals surface area contributed by atoms with Gasteiger partial charge in [0.15, 0.2) is 0 Å². The molecule has 42 heavy (non-hydrogen) atoms. The van der Waals surface area contributed by atoms with Crippen molar-refractivity contribution in [3.05, 3.63) is 68.7 Å². The van der Waals surface area contributed by atoms with E-state index < -0.39 is 24.5 Å². The summed E-state index contributed by atoms with van der Waals surface area (Å²) < 4.78 is 40.7. The highest BCUT2D eigenvalue weighted by Crippen LogP contribution is 2.35. The normalized spacial score (nSPS) is 18.8. The lowest BCUT2D eigenvalue weighted by molar-refractivity contribution is -0.166. The molecule has 0 unspecified atom stereocenters. The Labute approximate surface area is 243 Å². The van der Waals surface area contributed by atoms with E-state index in [9.17, 15) is 27.6 Å². The van der Waals surface area contributed by atoms with Crippen LogP contribution in [0.15, 0.2) is 41.5 Å². The van der Waals surface area contributed by atoms with Gasteiger partial charge in [0.1, 0.15) is 12.2 Å². The molecule has 6 rings (SSSR count). The van der Waals surface area contributed by atoms with Crippen LogP contribution in [0.4, 0.5) is 13.2 Å². The Kier molecular flexibility index (Phi) is 7.42. The van der Waals surface area contributed by atoms with Crippen molar-refractivity contribution in [1.29, 1.82) is 0 Å². The van der Waals surface area contributed by atoms with Gasteiger partial charge in [-0.05, 0) is 67.0 Å². The number of halogens is 4. The summed E-state index contributed by atoms with van der Waals surface area (Å²) in [7, 11) is 0. The van der Waals surface area contributed by atoms with Crippen LogP contribution in [0.3, 0.4) is 0 Å². The molecular weight excluding hydrogens is 573 g/mol. The molecule has 0 bridgehead atoms. The topological polar surface area (TPSA) is 115 Å². The number of carbonyl (C=O) groups is 2. The van der Waals surface area contributed by atoms with Gasteiger partial charge in [-0.25, -0.2) is 4.98 Å². The molecule has 0 aliphatic carbocycles. The minimum absolute atomic E-state index is 0.0475. The summed E-state index contributed by atoms with van der Waals surface area (Å²) in [6.45, 7) is -0.901. The number of aromatic nitrogens is 4. The first kappa shape index (κ1) is 28.2. The molecule has 2 aliphatic heterocycles. The monoisotopic (exact) mass is 600 g/mol. The lowest BCUT2D eigenvalue weighted by Crippen LogP contribution is -2.45. The Morgan fingerprint density at radius 2 is 1.93 bits per heavy atom. The number of alkyl halides is 3. The maximum atomic E-state index is 13.6. The second-order valence-electron chi connectivity index (χ2n) is 11.1. The fourth-order valence-electron chi connectivity index (χ4n) is 6.25. The quantitative estimate of drug-likeness (QED) is 0.352. The number of rotatable bonds is 4. The number of likely N-dealkylation sites (tertiary alicyclic amines) is 1. The zero-order valence-electron chi connectivity index (χ0n) is 22.5. The van der Waals surface area contributed by atoms with Gasteiger partial charge < -0.3 is 14.8 Å². The lowest BCUT2D eigenvalue weighted by Gasteiger charge is -2.35. The number of fused-ring (bicyclic) bond motifs is 4. The van der Waals surface area contributed by atoms with E-state index in [2.05, 4.69) is 20.2 Å². The van der Waals surface area contributed by atoms with E-state index in [-0.39, 0.29) is 36.8 Å². The molecule has 2 N–H and O–H groups in total. The minimum Gasteiger partial charge on any atom is -0.343 e. The van der Waals surface area contributed by atoms with Gasteiger partial charge in [0.05, 0.1) is 16.7 Å². The van der Waals surface area contributed by atoms with Crippen molar-refractivity contribution in [2.24, 2.45) is 5.92 Å². The van der Waals surface area contributed by atoms with Gasteiger partial charge in [0.2, 0.25) is 11.8 Å². The van der Waals surface area contributed by atoms with Crippen LogP contribution in [0.25, 0.3) is 21.9 Å². The molecule has 9 nitrogen and oxygen atoms in total. The van der Waals surface area contributed by atoms with E-state index in [0.717, 1.165) is 15.8 Å². The van der Waals surface area contributed by atoms with E-state index in [0.29, 0.717) is 65.1 Å². The fourth-order valence-corrected chi connectivity index (χ4v) is 6.52. The van der Waals surface area contributed by atoms with Crippen LogP contribution in [0, 0.1) is 5.92 Å². The van der Waals surface area contributed by atoms with Crippen LogP contribution in [-0.2, 0) is 22.6 Å². The largest absolute Gasteiger partial charge is 0.406 e. The number of benzene rings is 1. The zero-order chi connectivity index (χ0) is 29.6. The van der Waals surface area contributed by atoms with Crippen LogP contribution in [-0.4, -0.2) is 67.6 Å². The van der Waals surface area contributed by atoms with E-state index in [4.69, 9.17) is 11.6 Å². The fraction of sp³-hybridized carbons (Fsp3) is 0.414. The molecule has 1 fully saturated rings. The lowest BCUT2D eigenvalue weighted by atomic mass is 9.87. The number of piperidine rings is 1. The average molecular weight is 601 g/mol. The molecule has 0 spiro atoms.